The number of H-pyrrole nitrogens is 2. The Morgan fingerprint density at radius 3 is 2.79 bits per heavy atom. The molecule has 0 unspecified atom stereocenters. The lowest BCUT2D eigenvalue weighted by Crippen LogP contribution is -2.26. The fourth-order valence-electron chi connectivity index (χ4n) is 2.87. The zero-order valence-corrected chi connectivity index (χ0v) is 15.5. The molecule has 9 nitrogen and oxygen atoms in total. The number of nitrogens with zero attached hydrogens (tertiary/aromatic N) is 2. The van der Waals surface area contributed by atoms with E-state index < -0.39 is 11.8 Å². The molecule has 2 amide bonds. The highest BCUT2D eigenvalue weighted by Gasteiger charge is 2.21. The van der Waals surface area contributed by atoms with Crippen molar-refractivity contribution < 1.29 is 14.3 Å². The maximum absolute atomic E-state index is 12.6. The minimum Gasteiger partial charge on any atom is -0.497 e. The third-order valence-electron chi connectivity index (χ3n) is 4.29. The first kappa shape index (κ1) is 18.2. The number of anilines is 1. The number of hydrogen-bond donors (Lipinski definition) is 4. The van der Waals surface area contributed by atoms with Crippen molar-refractivity contribution in [1.29, 1.82) is 0 Å². The molecule has 2 aromatic carbocycles. The fraction of sp³-hybridized carbons (Fsp3) is 0.100. The molecule has 0 saturated carbocycles. The number of aromatic amines is 2. The second-order valence-corrected chi connectivity index (χ2v) is 6.22. The van der Waals surface area contributed by atoms with E-state index in [4.69, 9.17) is 4.74 Å². The minimum atomic E-state index is -0.545. The van der Waals surface area contributed by atoms with Gasteiger partial charge in [0.2, 0.25) is 5.95 Å². The summed E-state index contributed by atoms with van der Waals surface area (Å²) >= 11 is 0. The van der Waals surface area contributed by atoms with Gasteiger partial charge in [-0.25, -0.2) is 9.97 Å². The summed E-state index contributed by atoms with van der Waals surface area (Å²) in [4.78, 5) is 39.1. The molecule has 0 atom stereocenters. The number of imidazole rings is 2. The molecule has 4 aromatic rings. The first-order valence-electron chi connectivity index (χ1n) is 8.84. The molecule has 0 aliphatic carbocycles. The summed E-state index contributed by atoms with van der Waals surface area (Å²) in [5, 5.41) is 5.40. The van der Waals surface area contributed by atoms with E-state index in [9.17, 15) is 9.59 Å². The zero-order valence-electron chi connectivity index (χ0n) is 15.5. The van der Waals surface area contributed by atoms with Gasteiger partial charge in [0.15, 0.2) is 5.69 Å². The van der Waals surface area contributed by atoms with Crippen molar-refractivity contribution in [2.45, 2.75) is 6.54 Å². The molecule has 0 aliphatic heterocycles. The normalized spacial score (nSPS) is 10.7. The van der Waals surface area contributed by atoms with E-state index >= 15 is 0 Å². The first-order valence-corrected chi connectivity index (χ1v) is 8.84. The van der Waals surface area contributed by atoms with Crippen LogP contribution in [-0.4, -0.2) is 38.9 Å². The summed E-state index contributed by atoms with van der Waals surface area (Å²) in [5.74, 6) is -0.0111. The number of carbonyl (C=O) groups excluding carboxylic acids is 2. The molecule has 146 valence electrons. The number of benzene rings is 2. The van der Waals surface area contributed by atoms with Crippen LogP contribution in [0.25, 0.3) is 11.0 Å². The predicted octanol–water partition coefficient (Wildman–Crippen LogP) is 2.48. The topological polar surface area (TPSA) is 125 Å². The number of fused-ring (bicyclic) bond motifs is 1. The van der Waals surface area contributed by atoms with Gasteiger partial charge in [-0.05, 0) is 29.8 Å². The Morgan fingerprint density at radius 1 is 1.10 bits per heavy atom. The molecule has 0 bridgehead atoms. The highest BCUT2D eigenvalue weighted by Crippen LogP contribution is 2.15. The van der Waals surface area contributed by atoms with Crippen molar-refractivity contribution in [2.75, 3.05) is 12.4 Å². The standard InChI is InChI=1S/C20H18N6O3/c1-29-13-6-4-5-12(9-13)10-21-18(27)16-17(23-11-22-16)19(28)26-20-24-14-7-2-3-8-15(14)25-20/h2-9,11H,10H2,1H3,(H,21,27)(H,22,23)(H2,24,25,26,28). The number of hydrogen-bond acceptors (Lipinski definition) is 5. The average molecular weight is 390 g/mol. The van der Waals surface area contributed by atoms with Crippen molar-refractivity contribution in [3.05, 3.63) is 71.8 Å². The second-order valence-electron chi connectivity index (χ2n) is 6.22. The van der Waals surface area contributed by atoms with Gasteiger partial charge >= 0.3 is 0 Å². The lowest BCUT2D eigenvalue weighted by Gasteiger charge is -2.07. The van der Waals surface area contributed by atoms with Crippen molar-refractivity contribution in [3.63, 3.8) is 0 Å². The summed E-state index contributed by atoms with van der Waals surface area (Å²) in [6.07, 6.45) is 1.30. The van der Waals surface area contributed by atoms with Gasteiger partial charge in [0.25, 0.3) is 11.8 Å². The summed E-state index contributed by atoms with van der Waals surface area (Å²) < 4.78 is 5.17. The quantitative estimate of drug-likeness (QED) is 0.403. The first-order chi connectivity index (χ1) is 14.1. The van der Waals surface area contributed by atoms with E-state index in [2.05, 4.69) is 30.6 Å². The van der Waals surface area contributed by atoms with Gasteiger partial charge in [0.05, 0.1) is 24.5 Å². The molecule has 9 heteroatoms. The molecule has 4 rings (SSSR count). The molecule has 0 radical (unpaired) electrons. The molecule has 0 saturated heterocycles. The molecule has 2 heterocycles. The highest BCUT2D eigenvalue weighted by atomic mass is 16.5. The summed E-state index contributed by atoms with van der Waals surface area (Å²) in [6.45, 7) is 0.277. The monoisotopic (exact) mass is 390 g/mol. The number of amides is 2. The van der Waals surface area contributed by atoms with Crippen LogP contribution in [0.3, 0.4) is 0 Å². The van der Waals surface area contributed by atoms with Crippen molar-refractivity contribution in [1.82, 2.24) is 25.3 Å². The number of nitrogens with one attached hydrogen (secondary N) is 4. The maximum atomic E-state index is 12.6. The van der Waals surface area contributed by atoms with Crippen LogP contribution in [0.4, 0.5) is 5.95 Å². The Morgan fingerprint density at radius 2 is 1.97 bits per heavy atom. The third kappa shape index (κ3) is 3.93. The van der Waals surface area contributed by atoms with Crippen molar-refractivity contribution in [2.24, 2.45) is 0 Å². The van der Waals surface area contributed by atoms with Crippen LogP contribution >= 0.6 is 0 Å². The van der Waals surface area contributed by atoms with Crippen LogP contribution in [0, 0.1) is 0 Å². The smallest absolute Gasteiger partial charge is 0.279 e. The number of aromatic nitrogens is 4. The molecule has 4 N–H and O–H groups in total. The summed E-state index contributed by atoms with van der Waals surface area (Å²) in [6, 6.07) is 14.7. The van der Waals surface area contributed by atoms with Gasteiger partial charge in [-0.3, -0.25) is 14.9 Å². The van der Waals surface area contributed by atoms with E-state index in [1.807, 2.05) is 48.5 Å². The summed E-state index contributed by atoms with van der Waals surface area (Å²) in [5.41, 5.74) is 2.43. The zero-order chi connectivity index (χ0) is 20.2. The van der Waals surface area contributed by atoms with Crippen molar-refractivity contribution in [3.8, 4) is 5.75 Å². The Hall–Kier alpha value is -4.14. The third-order valence-corrected chi connectivity index (χ3v) is 4.29. The molecular formula is C20H18N6O3. The maximum Gasteiger partial charge on any atom is 0.279 e. The van der Waals surface area contributed by atoms with Crippen LogP contribution in [0.2, 0.25) is 0 Å². The highest BCUT2D eigenvalue weighted by molar-refractivity contribution is 6.09. The van der Waals surface area contributed by atoms with Crippen LogP contribution in [0.15, 0.2) is 54.9 Å². The van der Waals surface area contributed by atoms with Gasteiger partial charge < -0.3 is 20.0 Å². The molecule has 29 heavy (non-hydrogen) atoms. The number of carbonyl (C=O) groups is 2. The number of ether oxygens (including phenoxy) is 1. The Kier molecular flexibility index (Phi) is 4.93. The molecule has 0 spiro atoms. The number of methoxy groups -OCH3 is 1. The number of para-hydroxylation sites is 2. The lowest BCUT2D eigenvalue weighted by atomic mass is 10.2. The predicted molar refractivity (Wildman–Crippen MR) is 107 cm³/mol. The van der Waals surface area contributed by atoms with E-state index in [0.717, 1.165) is 16.6 Å². The van der Waals surface area contributed by atoms with Crippen LogP contribution < -0.4 is 15.4 Å². The minimum absolute atomic E-state index is 0.0198. The number of rotatable bonds is 6. The Bertz CT molecular complexity index is 1150. The van der Waals surface area contributed by atoms with Gasteiger partial charge in [0.1, 0.15) is 11.4 Å². The van der Waals surface area contributed by atoms with E-state index in [1.165, 1.54) is 6.33 Å². The summed E-state index contributed by atoms with van der Waals surface area (Å²) in [7, 11) is 1.58. The second kappa shape index (κ2) is 7.85. The average Bonchev–Trinajstić information content (AvgIpc) is 3.38. The van der Waals surface area contributed by atoms with Crippen molar-refractivity contribution >= 4 is 28.8 Å². The van der Waals surface area contributed by atoms with Crippen LogP contribution in [0.5, 0.6) is 5.75 Å². The Labute approximate surface area is 165 Å². The van der Waals surface area contributed by atoms with Crippen LogP contribution in [-0.2, 0) is 6.54 Å². The molecule has 2 aromatic heterocycles. The van der Waals surface area contributed by atoms with E-state index in [0.29, 0.717) is 5.75 Å². The molecule has 0 fully saturated rings. The lowest BCUT2D eigenvalue weighted by molar-refractivity contribution is 0.0933. The van der Waals surface area contributed by atoms with Gasteiger partial charge in [-0.1, -0.05) is 24.3 Å². The Balaban J connectivity index is 1.45. The molecular weight excluding hydrogens is 372 g/mol. The van der Waals surface area contributed by atoms with E-state index in [1.54, 1.807) is 7.11 Å². The SMILES string of the molecule is COc1cccc(CNC(=O)c2[nH]cnc2C(=O)Nc2nc3ccccc3[nH]2)c1. The van der Waals surface area contributed by atoms with Gasteiger partial charge in [0, 0.05) is 6.54 Å². The molecule has 0 aliphatic rings. The van der Waals surface area contributed by atoms with E-state index in [-0.39, 0.29) is 23.9 Å². The van der Waals surface area contributed by atoms with Gasteiger partial charge in [-0.2, -0.15) is 0 Å². The van der Waals surface area contributed by atoms with Gasteiger partial charge in [-0.15, -0.1) is 0 Å². The fourth-order valence-corrected chi connectivity index (χ4v) is 2.87. The largest absolute Gasteiger partial charge is 0.497 e. The van der Waals surface area contributed by atoms with Crippen LogP contribution in [0.1, 0.15) is 26.5 Å².